The van der Waals surface area contributed by atoms with E-state index in [2.05, 4.69) is 12.2 Å². The average molecular weight is 380 g/mol. The number of fused-ring (bicyclic) bond motifs is 4. The summed E-state index contributed by atoms with van der Waals surface area (Å²) in [7, 11) is 0. The van der Waals surface area contributed by atoms with Crippen molar-refractivity contribution in [3.63, 3.8) is 0 Å². The van der Waals surface area contributed by atoms with Crippen LogP contribution in [0.15, 0.2) is 12.2 Å². The lowest BCUT2D eigenvalue weighted by Gasteiger charge is -2.33. The predicted octanol–water partition coefficient (Wildman–Crippen LogP) is 4.25. The number of allylic oxidation sites excluding steroid dienone is 1. The molecule has 6 unspecified atom stereocenters. The highest BCUT2D eigenvalue weighted by atomic mass is 17.0. The lowest BCUT2D eigenvalue weighted by molar-refractivity contribution is -0.772. The third-order valence-electron chi connectivity index (χ3n) is 7.77. The molecule has 150 valence electrons. The van der Waals surface area contributed by atoms with Crippen LogP contribution in [-0.2, 0) is 9.68 Å². The summed E-state index contributed by atoms with van der Waals surface area (Å²) in [5.41, 5.74) is -0.188. The minimum Gasteiger partial charge on any atom is -0.310 e. The molecule has 4 bridgehead atoms. The molecule has 0 aliphatic heterocycles. The molecule has 0 aromatic heterocycles. The maximum absolute atomic E-state index is 10.8. The van der Waals surface area contributed by atoms with E-state index in [-0.39, 0.29) is 23.0 Å². The molecule has 8 nitrogen and oxygen atoms in total. The Morgan fingerprint density at radius 3 is 2.33 bits per heavy atom. The fourth-order valence-corrected chi connectivity index (χ4v) is 6.61. The Labute approximate surface area is 158 Å². The highest BCUT2D eigenvalue weighted by Crippen LogP contribution is 2.58. The van der Waals surface area contributed by atoms with Gasteiger partial charge in [0.05, 0.1) is 0 Å². The molecule has 0 N–H and O–H groups in total. The largest absolute Gasteiger partial charge is 0.310 e. The Balaban J connectivity index is 1.30. The summed E-state index contributed by atoms with van der Waals surface area (Å²) >= 11 is 0. The van der Waals surface area contributed by atoms with E-state index < -0.39 is 10.2 Å². The zero-order valence-electron chi connectivity index (χ0n) is 15.6. The van der Waals surface area contributed by atoms with Crippen molar-refractivity contribution in [3.8, 4) is 0 Å². The molecule has 6 atom stereocenters. The zero-order valence-corrected chi connectivity index (χ0v) is 15.6. The molecular weight excluding hydrogens is 352 g/mol. The summed E-state index contributed by atoms with van der Waals surface area (Å²) in [4.78, 5) is 31.5. The number of hydrogen-bond donors (Lipinski definition) is 0. The van der Waals surface area contributed by atoms with Gasteiger partial charge in [-0.25, -0.2) is 0 Å². The van der Waals surface area contributed by atoms with Crippen LogP contribution in [0.3, 0.4) is 0 Å². The topological polar surface area (TPSA) is 105 Å². The summed E-state index contributed by atoms with van der Waals surface area (Å²) in [6.45, 7) is 0. The van der Waals surface area contributed by atoms with Gasteiger partial charge in [0.25, 0.3) is 10.2 Å². The monoisotopic (exact) mass is 380 g/mol. The first-order valence-electron chi connectivity index (χ1n) is 10.2. The SMILES string of the molecule is O=[N+]([O-])OC1CC2CCC1(/C=C/CCCC13CCC(CC1O[N+](=O)[O-])C3)C2. The molecular formula is C19H28N2O6. The minimum absolute atomic E-state index is 0.0209. The second kappa shape index (κ2) is 6.95. The van der Waals surface area contributed by atoms with Crippen LogP contribution in [0, 0.1) is 42.9 Å². The van der Waals surface area contributed by atoms with Crippen LogP contribution in [-0.4, -0.2) is 22.4 Å². The second-order valence-corrected chi connectivity index (χ2v) is 9.21. The van der Waals surface area contributed by atoms with E-state index in [9.17, 15) is 20.2 Å². The summed E-state index contributed by atoms with van der Waals surface area (Å²) in [5.74, 6) is 1.13. The van der Waals surface area contributed by atoms with E-state index in [1.54, 1.807) is 0 Å². The summed E-state index contributed by atoms with van der Waals surface area (Å²) in [6.07, 6.45) is 14.6. The summed E-state index contributed by atoms with van der Waals surface area (Å²) in [6, 6.07) is 0. The van der Waals surface area contributed by atoms with Crippen molar-refractivity contribution >= 4 is 0 Å². The molecule has 4 aliphatic carbocycles. The molecule has 0 aromatic carbocycles. The molecule has 0 spiro atoms. The molecule has 4 saturated carbocycles. The first-order chi connectivity index (χ1) is 12.9. The van der Waals surface area contributed by atoms with Crippen LogP contribution >= 0.6 is 0 Å². The Bertz CT molecular complexity index is 640. The van der Waals surface area contributed by atoms with Crippen molar-refractivity contribution in [2.45, 2.75) is 82.8 Å². The maximum Gasteiger partial charge on any atom is 0.294 e. The van der Waals surface area contributed by atoms with Gasteiger partial charge in [0, 0.05) is 5.41 Å². The lowest BCUT2D eigenvalue weighted by atomic mass is 9.77. The minimum atomic E-state index is -0.647. The van der Waals surface area contributed by atoms with Gasteiger partial charge < -0.3 is 9.68 Å². The van der Waals surface area contributed by atoms with Gasteiger partial charge in [0.1, 0.15) is 12.2 Å². The van der Waals surface area contributed by atoms with Crippen molar-refractivity contribution < 1.29 is 19.8 Å². The highest BCUT2D eigenvalue weighted by molar-refractivity contribution is 5.13. The summed E-state index contributed by atoms with van der Waals surface area (Å²) in [5, 5.41) is 20.3. The Morgan fingerprint density at radius 1 is 0.963 bits per heavy atom. The second-order valence-electron chi connectivity index (χ2n) is 9.21. The fraction of sp³-hybridized carbons (Fsp3) is 0.895. The van der Waals surface area contributed by atoms with Crippen molar-refractivity contribution in [1.82, 2.24) is 0 Å². The molecule has 4 rings (SSSR count). The molecule has 0 amide bonds. The standard InChI is InChI=1S/C19H28N2O6/c22-20(23)26-16-10-14-4-8-18(16,12-14)6-2-1-3-7-19-9-5-15(13-19)11-17(19)27-21(24)25/h2,6,14-17H,1,3-5,7-13H2/b6-2+. The van der Waals surface area contributed by atoms with Crippen LogP contribution in [0.25, 0.3) is 0 Å². The van der Waals surface area contributed by atoms with Crippen molar-refractivity contribution in [1.29, 1.82) is 0 Å². The number of unbranched alkanes of at least 4 members (excludes halogenated alkanes) is 1. The molecule has 27 heavy (non-hydrogen) atoms. The van der Waals surface area contributed by atoms with E-state index in [1.165, 1.54) is 0 Å². The molecule has 0 radical (unpaired) electrons. The predicted molar refractivity (Wildman–Crippen MR) is 95.5 cm³/mol. The van der Waals surface area contributed by atoms with Crippen LogP contribution in [0.2, 0.25) is 0 Å². The van der Waals surface area contributed by atoms with Crippen LogP contribution in [0.4, 0.5) is 0 Å². The zero-order chi connectivity index (χ0) is 19.1. The van der Waals surface area contributed by atoms with Gasteiger partial charge in [-0.1, -0.05) is 12.2 Å². The Kier molecular flexibility index (Phi) is 4.76. The van der Waals surface area contributed by atoms with Gasteiger partial charge in [-0.3, -0.25) is 0 Å². The normalized spacial score (nSPS) is 42.1. The van der Waals surface area contributed by atoms with E-state index in [0.29, 0.717) is 11.8 Å². The van der Waals surface area contributed by atoms with E-state index in [1.807, 2.05) is 0 Å². The number of nitrogens with zero attached hydrogens (tertiary/aromatic N) is 2. The van der Waals surface area contributed by atoms with Crippen molar-refractivity contribution in [3.05, 3.63) is 32.4 Å². The van der Waals surface area contributed by atoms with Crippen LogP contribution in [0.5, 0.6) is 0 Å². The molecule has 0 heterocycles. The van der Waals surface area contributed by atoms with E-state index in [0.717, 1.165) is 70.6 Å². The first kappa shape index (κ1) is 18.5. The maximum atomic E-state index is 10.8. The number of hydrogen-bond acceptors (Lipinski definition) is 6. The van der Waals surface area contributed by atoms with Gasteiger partial charge >= 0.3 is 0 Å². The molecule has 8 heteroatoms. The fourth-order valence-electron chi connectivity index (χ4n) is 6.61. The third kappa shape index (κ3) is 3.50. The third-order valence-corrected chi connectivity index (χ3v) is 7.77. The van der Waals surface area contributed by atoms with Gasteiger partial charge in [-0.15, -0.1) is 20.2 Å². The molecule has 0 saturated heterocycles. The van der Waals surface area contributed by atoms with E-state index in [4.69, 9.17) is 9.68 Å². The van der Waals surface area contributed by atoms with E-state index >= 15 is 0 Å². The van der Waals surface area contributed by atoms with Crippen molar-refractivity contribution in [2.24, 2.45) is 22.7 Å². The smallest absolute Gasteiger partial charge is 0.294 e. The molecule has 4 fully saturated rings. The van der Waals surface area contributed by atoms with Gasteiger partial charge in [-0.2, -0.15) is 0 Å². The van der Waals surface area contributed by atoms with Gasteiger partial charge in [0.15, 0.2) is 0 Å². The van der Waals surface area contributed by atoms with Crippen molar-refractivity contribution in [2.75, 3.05) is 0 Å². The van der Waals surface area contributed by atoms with Crippen LogP contribution < -0.4 is 0 Å². The quantitative estimate of drug-likeness (QED) is 0.256. The highest BCUT2D eigenvalue weighted by Gasteiger charge is 2.54. The lowest BCUT2D eigenvalue weighted by Crippen LogP contribution is -2.34. The molecule has 4 aliphatic rings. The Hall–Kier alpha value is -1.86. The average Bonchev–Trinajstić information content (AvgIpc) is 3.32. The van der Waals surface area contributed by atoms with Crippen LogP contribution in [0.1, 0.15) is 70.6 Å². The Morgan fingerprint density at radius 2 is 1.63 bits per heavy atom. The first-order valence-corrected chi connectivity index (χ1v) is 10.2. The van der Waals surface area contributed by atoms with Gasteiger partial charge in [-0.05, 0) is 87.9 Å². The number of rotatable bonds is 9. The molecule has 0 aromatic rings. The van der Waals surface area contributed by atoms with Gasteiger partial charge in [0.2, 0.25) is 0 Å². The summed E-state index contributed by atoms with van der Waals surface area (Å²) < 4.78 is 0.